The molecular formula is C20H19ClN2O2. The number of rotatable bonds is 6. The van der Waals surface area contributed by atoms with E-state index in [1.54, 1.807) is 19.2 Å². The number of carbonyl (C=O) groups excluding carboxylic acids is 1. The molecule has 1 atom stereocenters. The molecule has 0 bridgehead atoms. The molecule has 128 valence electrons. The second-order valence-electron chi connectivity index (χ2n) is 5.68. The molecule has 0 saturated carbocycles. The Hall–Kier alpha value is -2.72. The summed E-state index contributed by atoms with van der Waals surface area (Å²) < 4.78 is 7.24. The van der Waals surface area contributed by atoms with Crippen molar-refractivity contribution in [2.75, 3.05) is 12.4 Å². The molecule has 0 aliphatic carbocycles. The minimum Gasteiger partial charge on any atom is -0.497 e. The summed E-state index contributed by atoms with van der Waals surface area (Å²) >= 11 is 5.97. The number of aromatic nitrogens is 1. The molecule has 3 rings (SSSR count). The number of ether oxygens (including phenoxy) is 1. The van der Waals surface area contributed by atoms with Gasteiger partial charge in [-0.25, -0.2) is 0 Å². The smallest absolute Gasteiger partial charge is 0.226 e. The van der Waals surface area contributed by atoms with Crippen LogP contribution in [0.5, 0.6) is 5.75 Å². The van der Waals surface area contributed by atoms with Crippen molar-refractivity contribution >= 4 is 23.2 Å². The Bertz CT molecular complexity index is 829. The van der Waals surface area contributed by atoms with Gasteiger partial charge in [-0.2, -0.15) is 0 Å². The van der Waals surface area contributed by atoms with Crippen LogP contribution >= 0.6 is 11.6 Å². The maximum Gasteiger partial charge on any atom is 0.226 e. The Labute approximate surface area is 152 Å². The van der Waals surface area contributed by atoms with E-state index >= 15 is 0 Å². The number of carbonyl (C=O) groups is 1. The molecule has 4 nitrogen and oxygen atoms in total. The van der Waals surface area contributed by atoms with Crippen LogP contribution in [-0.4, -0.2) is 17.6 Å². The van der Waals surface area contributed by atoms with Crippen molar-refractivity contribution in [1.82, 2.24) is 4.57 Å². The maximum absolute atomic E-state index is 12.5. The highest BCUT2D eigenvalue weighted by atomic mass is 35.5. The lowest BCUT2D eigenvalue weighted by atomic mass is 10.0. The molecule has 0 fully saturated rings. The van der Waals surface area contributed by atoms with Crippen LogP contribution in [0, 0.1) is 0 Å². The first-order chi connectivity index (χ1) is 12.2. The molecule has 0 aliphatic heterocycles. The summed E-state index contributed by atoms with van der Waals surface area (Å²) in [5, 5.41) is 3.50. The second kappa shape index (κ2) is 7.90. The summed E-state index contributed by atoms with van der Waals surface area (Å²) in [5.41, 5.74) is 1.73. The van der Waals surface area contributed by atoms with Crippen LogP contribution in [0.15, 0.2) is 73.1 Å². The highest BCUT2D eigenvalue weighted by molar-refractivity contribution is 6.30. The van der Waals surface area contributed by atoms with Gasteiger partial charge >= 0.3 is 0 Å². The van der Waals surface area contributed by atoms with Gasteiger partial charge in [-0.05, 0) is 48.0 Å². The minimum absolute atomic E-state index is 0.0724. The Balaban J connectivity index is 1.79. The summed E-state index contributed by atoms with van der Waals surface area (Å²) in [6.07, 6.45) is 4.23. The monoisotopic (exact) mass is 354 g/mol. The van der Waals surface area contributed by atoms with Gasteiger partial charge in [-0.3, -0.25) is 4.79 Å². The molecule has 1 N–H and O–H groups in total. The van der Waals surface area contributed by atoms with E-state index in [9.17, 15) is 4.79 Å². The van der Waals surface area contributed by atoms with Crippen molar-refractivity contribution in [3.05, 3.63) is 83.6 Å². The molecule has 1 heterocycles. The van der Waals surface area contributed by atoms with Gasteiger partial charge < -0.3 is 14.6 Å². The zero-order valence-electron chi connectivity index (χ0n) is 13.9. The highest BCUT2D eigenvalue weighted by Gasteiger charge is 2.17. The third kappa shape index (κ3) is 4.43. The average Bonchev–Trinajstić information content (AvgIpc) is 3.14. The van der Waals surface area contributed by atoms with Gasteiger partial charge in [0, 0.05) is 23.1 Å². The van der Waals surface area contributed by atoms with Crippen LogP contribution in [0.25, 0.3) is 0 Å². The van der Waals surface area contributed by atoms with E-state index in [2.05, 4.69) is 5.32 Å². The van der Waals surface area contributed by atoms with E-state index in [-0.39, 0.29) is 11.9 Å². The number of hydrogen-bond donors (Lipinski definition) is 1. The van der Waals surface area contributed by atoms with Crippen molar-refractivity contribution in [3.8, 4) is 5.75 Å². The standard InChI is InChI=1S/C20H19ClN2O2/c1-25-18-9-7-15(8-10-18)19(23-11-2-3-12-23)14-20(24)22-17-6-4-5-16(21)13-17/h2-13,19H,14H2,1H3,(H,22,24)/t19-/m1/s1. The van der Waals surface area contributed by atoms with E-state index in [0.29, 0.717) is 17.1 Å². The predicted molar refractivity (Wildman–Crippen MR) is 100 cm³/mol. The van der Waals surface area contributed by atoms with E-state index < -0.39 is 0 Å². The first-order valence-electron chi connectivity index (χ1n) is 7.97. The molecule has 1 aromatic heterocycles. The quantitative estimate of drug-likeness (QED) is 0.693. The van der Waals surface area contributed by atoms with Crippen LogP contribution in [0.1, 0.15) is 18.0 Å². The molecular weight excluding hydrogens is 336 g/mol. The number of nitrogens with one attached hydrogen (secondary N) is 1. The van der Waals surface area contributed by atoms with E-state index in [1.807, 2.05) is 65.5 Å². The van der Waals surface area contributed by atoms with Crippen LogP contribution in [-0.2, 0) is 4.79 Å². The third-order valence-electron chi connectivity index (χ3n) is 3.98. The molecule has 25 heavy (non-hydrogen) atoms. The third-order valence-corrected chi connectivity index (χ3v) is 4.21. The normalized spacial score (nSPS) is 11.8. The summed E-state index contributed by atoms with van der Waals surface area (Å²) in [5.74, 6) is 0.718. The topological polar surface area (TPSA) is 43.3 Å². The van der Waals surface area contributed by atoms with Crippen LogP contribution in [0.3, 0.4) is 0 Å². The van der Waals surface area contributed by atoms with Gasteiger partial charge in [0.05, 0.1) is 19.6 Å². The minimum atomic E-state index is -0.0971. The summed E-state index contributed by atoms with van der Waals surface area (Å²) in [4.78, 5) is 12.5. The van der Waals surface area contributed by atoms with Gasteiger partial charge in [-0.15, -0.1) is 0 Å². The molecule has 2 aromatic carbocycles. The van der Waals surface area contributed by atoms with Crippen molar-refractivity contribution in [2.45, 2.75) is 12.5 Å². The van der Waals surface area contributed by atoms with Gasteiger partial charge in [0.1, 0.15) is 5.75 Å². The molecule has 0 spiro atoms. The van der Waals surface area contributed by atoms with Crippen molar-refractivity contribution < 1.29 is 9.53 Å². The zero-order valence-corrected chi connectivity index (χ0v) is 14.6. The largest absolute Gasteiger partial charge is 0.497 e. The summed E-state index contributed by atoms with van der Waals surface area (Å²) in [6, 6.07) is 18.7. The number of benzene rings is 2. The first kappa shape index (κ1) is 17.1. The molecule has 0 aliphatic rings. The van der Waals surface area contributed by atoms with Crippen LogP contribution < -0.4 is 10.1 Å². The number of amides is 1. The fraction of sp³-hybridized carbons (Fsp3) is 0.150. The number of nitrogens with zero attached hydrogens (tertiary/aromatic N) is 1. The van der Waals surface area contributed by atoms with Crippen LogP contribution in [0.4, 0.5) is 5.69 Å². The van der Waals surface area contributed by atoms with Gasteiger partial charge in [0.25, 0.3) is 0 Å². The lowest BCUT2D eigenvalue weighted by Gasteiger charge is -2.19. The van der Waals surface area contributed by atoms with E-state index in [0.717, 1.165) is 11.3 Å². The molecule has 0 radical (unpaired) electrons. The Morgan fingerprint density at radius 3 is 2.48 bits per heavy atom. The van der Waals surface area contributed by atoms with E-state index in [4.69, 9.17) is 16.3 Å². The fourth-order valence-corrected chi connectivity index (χ4v) is 2.92. The fourth-order valence-electron chi connectivity index (χ4n) is 2.73. The lowest BCUT2D eigenvalue weighted by Crippen LogP contribution is -2.19. The van der Waals surface area contributed by atoms with Crippen molar-refractivity contribution in [3.63, 3.8) is 0 Å². The Morgan fingerprint density at radius 1 is 1.12 bits per heavy atom. The molecule has 5 heteroatoms. The predicted octanol–water partition coefficient (Wildman–Crippen LogP) is 4.77. The summed E-state index contributed by atoms with van der Waals surface area (Å²) in [7, 11) is 1.64. The zero-order chi connectivity index (χ0) is 17.6. The number of anilines is 1. The lowest BCUT2D eigenvalue weighted by molar-refractivity contribution is -0.116. The molecule has 1 amide bonds. The van der Waals surface area contributed by atoms with Gasteiger partial charge in [0.15, 0.2) is 0 Å². The highest BCUT2D eigenvalue weighted by Crippen LogP contribution is 2.25. The van der Waals surface area contributed by atoms with Crippen LogP contribution in [0.2, 0.25) is 5.02 Å². The maximum atomic E-state index is 12.5. The number of hydrogen-bond acceptors (Lipinski definition) is 2. The number of methoxy groups -OCH3 is 1. The average molecular weight is 355 g/mol. The Kier molecular flexibility index (Phi) is 5.41. The molecule has 0 saturated heterocycles. The van der Waals surface area contributed by atoms with Gasteiger partial charge in [0.2, 0.25) is 5.91 Å². The molecule has 3 aromatic rings. The van der Waals surface area contributed by atoms with Crippen molar-refractivity contribution in [2.24, 2.45) is 0 Å². The Morgan fingerprint density at radius 2 is 1.84 bits per heavy atom. The first-order valence-corrected chi connectivity index (χ1v) is 8.35. The van der Waals surface area contributed by atoms with Gasteiger partial charge in [-0.1, -0.05) is 29.8 Å². The second-order valence-corrected chi connectivity index (χ2v) is 6.12. The summed E-state index contributed by atoms with van der Waals surface area (Å²) in [6.45, 7) is 0. The number of halogens is 1. The SMILES string of the molecule is COc1ccc([C@@H](CC(=O)Nc2cccc(Cl)c2)n2cccc2)cc1. The van der Waals surface area contributed by atoms with Crippen molar-refractivity contribution in [1.29, 1.82) is 0 Å². The van der Waals surface area contributed by atoms with E-state index in [1.165, 1.54) is 0 Å². The molecule has 0 unspecified atom stereocenters.